The van der Waals surface area contributed by atoms with Crippen molar-refractivity contribution in [1.82, 2.24) is 0 Å². The number of carbonyl (C=O) groups excluding carboxylic acids is 1. The number of carbonyl (C=O) groups is 1. The van der Waals surface area contributed by atoms with E-state index in [1.54, 1.807) is 31.2 Å². The molecule has 1 N–H and O–H groups in total. The second kappa shape index (κ2) is 7.69. The standard InChI is InChI=1S/C26H22BrF2NO2/c1-2-32-24(31)23-25(13-14-25)26(16-3-8-19(28)9-4-16,17-5-10-20(29)11-6-17)21-15-18(27)7-12-22(21)30-23/h3-12,15,23,30H,2,13-14H2,1H3. The van der Waals surface area contributed by atoms with Crippen molar-refractivity contribution in [3.63, 3.8) is 0 Å². The Bertz CT molecular complexity index is 1130. The van der Waals surface area contributed by atoms with E-state index in [0.29, 0.717) is 0 Å². The minimum absolute atomic E-state index is 0.278. The van der Waals surface area contributed by atoms with Gasteiger partial charge in [-0.2, -0.15) is 0 Å². The van der Waals surface area contributed by atoms with E-state index < -0.39 is 16.9 Å². The van der Waals surface area contributed by atoms with Gasteiger partial charge in [0, 0.05) is 15.6 Å². The highest BCUT2D eigenvalue weighted by molar-refractivity contribution is 9.10. The molecule has 1 aliphatic carbocycles. The molecule has 0 radical (unpaired) electrons. The zero-order valence-electron chi connectivity index (χ0n) is 17.5. The van der Waals surface area contributed by atoms with Gasteiger partial charge in [-0.25, -0.2) is 13.6 Å². The van der Waals surface area contributed by atoms with Gasteiger partial charge in [0.15, 0.2) is 0 Å². The molecule has 1 saturated carbocycles. The number of esters is 1. The van der Waals surface area contributed by atoms with Gasteiger partial charge in [-0.3, -0.25) is 0 Å². The van der Waals surface area contributed by atoms with Crippen molar-refractivity contribution >= 4 is 27.6 Å². The lowest BCUT2D eigenvalue weighted by atomic mass is 9.55. The van der Waals surface area contributed by atoms with Gasteiger partial charge in [0.2, 0.25) is 0 Å². The number of halogens is 3. The first-order valence-corrected chi connectivity index (χ1v) is 11.5. The van der Waals surface area contributed by atoms with Crippen LogP contribution in [0, 0.1) is 17.0 Å². The Hall–Kier alpha value is -2.73. The predicted molar refractivity (Wildman–Crippen MR) is 123 cm³/mol. The molecular formula is C26H22BrF2NO2. The van der Waals surface area contributed by atoms with Crippen molar-refractivity contribution in [2.24, 2.45) is 5.41 Å². The number of ether oxygens (including phenoxy) is 1. The van der Waals surface area contributed by atoms with Crippen LogP contribution < -0.4 is 5.32 Å². The Balaban J connectivity index is 1.88. The number of hydrogen-bond acceptors (Lipinski definition) is 3. The Morgan fingerprint density at radius 3 is 2.06 bits per heavy atom. The van der Waals surface area contributed by atoms with E-state index in [0.717, 1.165) is 39.7 Å². The van der Waals surface area contributed by atoms with Gasteiger partial charge in [0.05, 0.1) is 12.0 Å². The summed E-state index contributed by atoms with van der Waals surface area (Å²) in [6.07, 6.45) is 1.54. The van der Waals surface area contributed by atoms with Crippen molar-refractivity contribution in [3.05, 3.63) is 99.5 Å². The molecule has 0 bridgehead atoms. The predicted octanol–water partition coefficient (Wildman–Crippen LogP) is 6.20. The van der Waals surface area contributed by atoms with Gasteiger partial charge in [0.25, 0.3) is 0 Å². The first-order chi connectivity index (χ1) is 15.4. The third-order valence-corrected chi connectivity index (χ3v) is 7.34. The molecule has 0 saturated heterocycles. The maximum atomic E-state index is 14.0. The van der Waals surface area contributed by atoms with E-state index >= 15 is 0 Å². The van der Waals surface area contributed by atoms with Crippen molar-refractivity contribution in [3.8, 4) is 0 Å². The molecule has 1 aliphatic heterocycles. The third-order valence-electron chi connectivity index (χ3n) is 6.85. The number of nitrogens with one attached hydrogen (secondary N) is 1. The zero-order valence-corrected chi connectivity index (χ0v) is 19.1. The molecule has 3 aromatic rings. The van der Waals surface area contributed by atoms with Gasteiger partial charge in [-0.15, -0.1) is 0 Å². The average molecular weight is 498 g/mol. The van der Waals surface area contributed by atoms with Crippen LogP contribution in [0.3, 0.4) is 0 Å². The Morgan fingerprint density at radius 2 is 1.56 bits per heavy atom. The van der Waals surface area contributed by atoms with E-state index in [-0.39, 0.29) is 24.2 Å². The molecule has 1 atom stereocenters. The molecule has 2 aliphatic rings. The largest absolute Gasteiger partial charge is 0.464 e. The van der Waals surface area contributed by atoms with Crippen LogP contribution in [0.1, 0.15) is 36.5 Å². The van der Waals surface area contributed by atoms with Crippen LogP contribution in [-0.4, -0.2) is 18.6 Å². The fourth-order valence-corrected chi connectivity index (χ4v) is 5.85. The van der Waals surface area contributed by atoms with E-state index in [1.807, 2.05) is 18.2 Å². The van der Waals surface area contributed by atoms with Gasteiger partial charge < -0.3 is 10.1 Å². The number of rotatable bonds is 4. The monoisotopic (exact) mass is 497 g/mol. The second-order valence-electron chi connectivity index (χ2n) is 8.44. The smallest absolute Gasteiger partial charge is 0.329 e. The quantitative estimate of drug-likeness (QED) is 0.436. The summed E-state index contributed by atoms with van der Waals surface area (Å²) in [5.74, 6) is -0.983. The van der Waals surface area contributed by atoms with E-state index in [1.165, 1.54) is 24.3 Å². The number of hydrogen-bond donors (Lipinski definition) is 1. The SMILES string of the molecule is CCOC(=O)C1Nc2ccc(Br)cc2C(c2ccc(F)cc2)(c2ccc(F)cc2)C12CC2. The lowest BCUT2D eigenvalue weighted by molar-refractivity contribution is -0.146. The Morgan fingerprint density at radius 1 is 1.00 bits per heavy atom. The molecule has 0 aromatic heterocycles. The van der Waals surface area contributed by atoms with Gasteiger partial charge in [-0.1, -0.05) is 40.2 Å². The molecular weight excluding hydrogens is 476 g/mol. The average Bonchev–Trinajstić information content (AvgIpc) is 3.57. The fourth-order valence-electron chi connectivity index (χ4n) is 5.49. The molecule has 1 spiro atoms. The molecule has 5 rings (SSSR count). The molecule has 1 fully saturated rings. The maximum Gasteiger partial charge on any atom is 0.329 e. The molecule has 1 heterocycles. The van der Waals surface area contributed by atoms with Gasteiger partial charge >= 0.3 is 5.97 Å². The van der Waals surface area contributed by atoms with Crippen LogP contribution in [0.25, 0.3) is 0 Å². The summed E-state index contributed by atoms with van der Waals surface area (Å²) in [4.78, 5) is 13.2. The number of anilines is 1. The molecule has 3 nitrogen and oxygen atoms in total. The first-order valence-electron chi connectivity index (χ1n) is 10.7. The highest BCUT2D eigenvalue weighted by Crippen LogP contribution is 2.70. The second-order valence-corrected chi connectivity index (χ2v) is 9.35. The number of benzene rings is 3. The fraction of sp³-hybridized carbons (Fsp3) is 0.269. The number of fused-ring (bicyclic) bond motifs is 1. The maximum absolute atomic E-state index is 14.0. The van der Waals surface area contributed by atoms with Crippen LogP contribution in [0.4, 0.5) is 14.5 Å². The lowest BCUT2D eigenvalue weighted by Gasteiger charge is -2.51. The molecule has 3 aromatic carbocycles. The van der Waals surface area contributed by atoms with Gasteiger partial charge in [0.1, 0.15) is 17.7 Å². The summed E-state index contributed by atoms with van der Waals surface area (Å²) >= 11 is 3.60. The highest BCUT2D eigenvalue weighted by Gasteiger charge is 2.69. The Labute approximate surface area is 193 Å². The van der Waals surface area contributed by atoms with E-state index in [9.17, 15) is 13.6 Å². The van der Waals surface area contributed by atoms with Crippen molar-refractivity contribution in [2.75, 3.05) is 11.9 Å². The van der Waals surface area contributed by atoms with Crippen molar-refractivity contribution in [1.29, 1.82) is 0 Å². The minimum atomic E-state index is -0.795. The summed E-state index contributed by atoms with van der Waals surface area (Å²) in [6.45, 7) is 2.07. The Kier molecular flexibility index (Phi) is 5.08. The lowest BCUT2D eigenvalue weighted by Crippen LogP contribution is -2.56. The van der Waals surface area contributed by atoms with Crippen LogP contribution >= 0.6 is 15.9 Å². The summed E-state index contributed by atoms with van der Waals surface area (Å²) < 4.78 is 34.3. The van der Waals surface area contributed by atoms with Crippen LogP contribution in [0.2, 0.25) is 0 Å². The van der Waals surface area contributed by atoms with Gasteiger partial charge in [-0.05, 0) is 78.9 Å². The molecule has 0 amide bonds. The topological polar surface area (TPSA) is 38.3 Å². The third kappa shape index (κ3) is 2.99. The van der Waals surface area contributed by atoms with Crippen LogP contribution in [0.5, 0.6) is 0 Å². The summed E-state index contributed by atoms with van der Waals surface area (Å²) in [5, 5.41) is 3.44. The highest BCUT2D eigenvalue weighted by atomic mass is 79.9. The molecule has 1 unspecified atom stereocenters. The minimum Gasteiger partial charge on any atom is -0.464 e. The van der Waals surface area contributed by atoms with E-state index in [4.69, 9.17) is 4.74 Å². The molecule has 164 valence electrons. The first kappa shape index (κ1) is 21.1. The summed E-state index contributed by atoms with van der Waals surface area (Å²) in [6, 6.07) is 18.2. The summed E-state index contributed by atoms with van der Waals surface area (Å²) in [7, 11) is 0. The van der Waals surface area contributed by atoms with Crippen LogP contribution in [0.15, 0.2) is 71.2 Å². The normalized spacial score (nSPS) is 19.7. The molecule has 6 heteroatoms. The van der Waals surface area contributed by atoms with E-state index in [2.05, 4.69) is 21.2 Å². The zero-order chi connectivity index (χ0) is 22.5. The van der Waals surface area contributed by atoms with Crippen molar-refractivity contribution in [2.45, 2.75) is 31.2 Å². The molecule has 32 heavy (non-hydrogen) atoms. The summed E-state index contributed by atoms with van der Waals surface area (Å²) in [5.41, 5.74) is 2.15. The van der Waals surface area contributed by atoms with Crippen LogP contribution in [-0.2, 0) is 14.9 Å². The van der Waals surface area contributed by atoms with Crippen molar-refractivity contribution < 1.29 is 18.3 Å².